The number of rotatable bonds is 10. The first kappa shape index (κ1) is 29.4. The van der Waals surface area contributed by atoms with Gasteiger partial charge in [0.1, 0.15) is 18.2 Å². The van der Waals surface area contributed by atoms with Crippen LogP contribution in [0.15, 0.2) is 60.7 Å². The van der Waals surface area contributed by atoms with Gasteiger partial charge in [0.15, 0.2) is 0 Å². The Balaban J connectivity index is 1.78. The molecule has 3 amide bonds. The van der Waals surface area contributed by atoms with Crippen LogP contribution >= 0.6 is 0 Å². The van der Waals surface area contributed by atoms with Crippen molar-refractivity contribution in [3.8, 4) is 0 Å². The molecule has 11 nitrogen and oxygen atoms in total. The van der Waals surface area contributed by atoms with E-state index in [-0.39, 0.29) is 35.1 Å². The molecule has 0 bridgehead atoms. The molecule has 0 saturated heterocycles. The first-order valence-corrected chi connectivity index (χ1v) is 11.4. The van der Waals surface area contributed by atoms with Crippen LogP contribution in [-0.4, -0.2) is 68.7 Å². The number of amides is 3. The van der Waals surface area contributed by atoms with Crippen LogP contribution in [0.4, 0.5) is 8.78 Å². The predicted molar refractivity (Wildman–Crippen MR) is 135 cm³/mol. The number of hydrogen-bond acceptors (Lipinski definition) is 8. The van der Waals surface area contributed by atoms with E-state index in [1.165, 1.54) is 5.48 Å². The zero-order chi connectivity index (χ0) is 28.7. The lowest BCUT2D eigenvalue weighted by molar-refractivity contribution is -0.130. The van der Waals surface area contributed by atoms with Crippen molar-refractivity contribution < 1.29 is 48.5 Å². The average Bonchev–Trinajstić information content (AvgIpc) is 2.90. The summed E-state index contributed by atoms with van der Waals surface area (Å²) in [5.74, 6) is -4.21. The first-order valence-electron chi connectivity index (χ1n) is 11.4. The quantitative estimate of drug-likeness (QED) is 0.0912. The number of hydroxylamine groups is 1. The summed E-state index contributed by atoms with van der Waals surface area (Å²) < 4.78 is 27.7. The lowest BCUT2D eigenvalue weighted by Crippen LogP contribution is -2.40. The highest BCUT2D eigenvalue weighted by Gasteiger charge is 2.23. The lowest BCUT2D eigenvalue weighted by atomic mass is 9.79. The van der Waals surface area contributed by atoms with Crippen LogP contribution in [-0.2, 0) is 17.9 Å². The van der Waals surface area contributed by atoms with Gasteiger partial charge in [-0.3, -0.25) is 19.6 Å². The van der Waals surface area contributed by atoms with E-state index in [9.17, 15) is 43.3 Å². The van der Waals surface area contributed by atoms with Crippen molar-refractivity contribution in [2.24, 2.45) is 0 Å². The fraction of sp³-hybridized carbons (Fsp3) is 0.125. The molecule has 0 spiro atoms. The highest BCUT2D eigenvalue weighted by atomic mass is 19.1. The van der Waals surface area contributed by atoms with E-state index in [1.54, 1.807) is 24.3 Å². The number of carbonyl (C=O) groups excluding carboxylic acids is 3. The van der Waals surface area contributed by atoms with Crippen LogP contribution in [0, 0.1) is 11.6 Å². The fourth-order valence-electron chi connectivity index (χ4n) is 3.71. The minimum absolute atomic E-state index is 0.0348. The van der Waals surface area contributed by atoms with Crippen LogP contribution in [0.1, 0.15) is 31.8 Å². The van der Waals surface area contributed by atoms with E-state index in [0.29, 0.717) is 11.1 Å². The standard InChI is InChI=1S/C24H23B2F2N3O8/c27-20-7-16(5-18(9-20)25(35)36)23(33)29-11-14-2-1-3-15(4-14)12-31(13-22(32)30-39)24(34)17-6-19(26(37)38)10-21(28)8-17/h1-10,35-39H,11-13H2,(H,29,33)(H,30,32). The highest BCUT2D eigenvalue weighted by molar-refractivity contribution is 6.59. The molecular formula is C24H23B2F2N3O8. The maximum Gasteiger partial charge on any atom is 0.488 e. The molecule has 15 heteroatoms. The fourth-order valence-corrected chi connectivity index (χ4v) is 3.71. The molecule has 0 aromatic heterocycles. The SMILES string of the molecule is O=C(CN(Cc1cccc(CNC(=O)c2cc(F)cc(B(O)O)c2)c1)C(=O)c1cc(F)cc(B(O)O)c1)NO. The summed E-state index contributed by atoms with van der Waals surface area (Å²) in [6.07, 6.45) is 0. The van der Waals surface area contributed by atoms with Gasteiger partial charge in [0, 0.05) is 24.2 Å². The van der Waals surface area contributed by atoms with Gasteiger partial charge in [0.2, 0.25) is 0 Å². The third-order valence-electron chi connectivity index (χ3n) is 5.51. The molecule has 7 N–H and O–H groups in total. The molecular weight excluding hydrogens is 518 g/mol. The Morgan fingerprint density at radius 3 is 1.95 bits per heavy atom. The van der Waals surface area contributed by atoms with E-state index in [4.69, 9.17) is 5.21 Å². The van der Waals surface area contributed by atoms with Crippen molar-refractivity contribution in [1.82, 2.24) is 15.7 Å². The first-order chi connectivity index (χ1) is 18.5. The number of benzene rings is 3. The Hall–Kier alpha value is -4.14. The Labute approximate surface area is 221 Å². The van der Waals surface area contributed by atoms with Crippen molar-refractivity contribution in [1.29, 1.82) is 0 Å². The minimum Gasteiger partial charge on any atom is -0.423 e. The lowest BCUT2D eigenvalue weighted by Gasteiger charge is -2.22. The number of carbonyl (C=O) groups is 3. The second-order valence-corrected chi connectivity index (χ2v) is 8.49. The number of nitrogens with one attached hydrogen (secondary N) is 2. The largest absolute Gasteiger partial charge is 0.488 e. The van der Waals surface area contributed by atoms with Gasteiger partial charge in [-0.05, 0) is 58.5 Å². The van der Waals surface area contributed by atoms with Crippen molar-refractivity contribution >= 4 is 42.9 Å². The predicted octanol–water partition coefficient (Wildman–Crippen LogP) is -1.60. The summed E-state index contributed by atoms with van der Waals surface area (Å²) >= 11 is 0. The average molecular weight is 541 g/mol. The molecule has 0 heterocycles. The molecule has 0 atom stereocenters. The summed E-state index contributed by atoms with van der Waals surface area (Å²) in [6, 6.07) is 12.1. The highest BCUT2D eigenvalue weighted by Crippen LogP contribution is 2.13. The zero-order valence-corrected chi connectivity index (χ0v) is 20.2. The van der Waals surface area contributed by atoms with Gasteiger partial charge < -0.3 is 30.3 Å². The molecule has 0 radical (unpaired) electrons. The van der Waals surface area contributed by atoms with Crippen LogP contribution in [0.25, 0.3) is 0 Å². The molecule has 0 aliphatic carbocycles. The van der Waals surface area contributed by atoms with Gasteiger partial charge in [0.05, 0.1) is 0 Å². The topological polar surface area (TPSA) is 180 Å². The number of hydrogen-bond donors (Lipinski definition) is 7. The van der Waals surface area contributed by atoms with Crippen molar-refractivity contribution in [3.05, 3.63) is 94.6 Å². The monoisotopic (exact) mass is 541 g/mol. The third kappa shape index (κ3) is 8.17. The van der Waals surface area contributed by atoms with Crippen LogP contribution in [0.2, 0.25) is 0 Å². The summed E-state index contributed by atoms with van der Waals surface area (Å²) in [5, 5.41) is 48.7. The van der Waals surface area contributed by atoms with E-state index in [0.717, 1.165) is 41.3 Å². The van der Waals surface area contributed by atoms with Crippen molar-refractivity contribution in [3.63, 3.8) is 0 Å². The Bertz CT molecular complexity index is 1380. The molecule has 0 aliphatic rings. The van der Waals surface area contributed by atoms with E-state index < -0.39 is 50.1 Å². The van der Waals surface area contributed by atoms with Crippen LogP contribution in [0.3, 0.4) is 0 Å². The van der Waals surface area contributed by atoms with E-state index in [2.05, 4.69) is 5.32 Å². The Morgan fingerprint density at radius 2 is 1.36 bits per heavy atom. The second-order valence-electron chi connectivity index (χ2n) is 8.49. The van der Waals surface area contributed by atoms with Gasteiger partial charge in [-0.2, -0.15) is 0 Å². The van der Waals surface area contributed by atoms with Gasteiger partial charge in [0.25, 0.3) is 17.7 Å². The van der Waals surface area contributed by atoms with Gasteiger partial charge in [-0.25, -0.2) is 14.3 Å². The zero-order valence-electron chi connectivity index (χ0n) is 20.2. The maximum absolute atomic E-state index is 14.0. The molecule has 0 aliphatic heterocycles. The summed E-state index contributed by atoms with van der Waals surface area (Å²) in [7, 11) is -4.00. The van der Waals surface area contributed by atoms with Crippen molar-refractivity contribution in [2.75, 3.05) is 6.54 Å². The smallest absolute Gasteiger partial charge is 0.423 e. The molecule has 0 unspecified atom stereocenters. The van der Waals surface area contributed by atoms with Gasteiger partial charge in [-0.1, -0.05) is 24.3 Å². The Kier molecular flexibility index (Phi) is 9.87. The van der Waals surface area contributed by atoms with Gasteiger partial charge in [-0.15, -0.1) is 0 Å². The van der Waals surface area contributed by atoms with E-state index >= 15 is 0 Å². The number of halogens is 2. The molecule has 3 rings (SSSR count). The molecule has 0 fully saturated rings. The molecule has 39 heavy (non-hydrogen) atoms. The maximum atomic E-state index is 14.0. The van der Waals surface area contributed by atoms with Crippen molar-refractivity contribution in [2.45, 2.75) is 13.1 Å². The molecule has 0 saturated carbocycles. The normalized spacial score (nSPS) is 10.5. The minimum atomic E-state index is -2.04. The van der Waals surface area contributed by atoms with E-state index in [1.807, 2.05) is 0 Å². The molecule has 202 valence electrons. The molecule has 3 aromatic carbocycles. The summed E-state index contributed by atoms with van der Waals surface area (Å²) in [4.78, 5) is 38.4. The second kappa shape index (κ2) is 13.1. The molecule has 3 aromatic rings. The number of nitrogens with zero attached hydrogens (tertiary/aromatic N) is 1. The Morgan fingerprint density at radius 1 is 0.795 bits per heavy atom. The van der Waals surface area contributed by atoms with Gasteiger partial charge >= 0.3 is 14.2 Å². The van der Waals surface area contributed by atoms with Crippen LogP contribution in [0.5, 0.6) is 0 Å². The summed E-state index contributed by atoms with van der Waals surface area (Å²) in [5.41, 5.74) is 1.57. The van der Waals surface area contributed by atoms with Crippen LogP contribution < -0.4 is 21.7 Å². The third-order valence-corrected chi connectivity index (χ3v) is 5.51. The summed E-state index contributed by atoms with van der Waals surface area (Å²) in [6.45, 7) is -0.849.